The summed E-state index contributed by atoms with van der Waals surface area (Å²) in [4.78, 5) is 9.95. The number of carbonyl (C=O) groups is 1. The highest BCUT2D eigenvalue weighted by molar-refractivity contribution is 5.70. The van der Waals surface area contributed by atoms with Crippen LogP contribution in [-0.4, -0.2) is 13.0 Å². The molecule has 0 saturated heterocycles. The summed E-state index contributed by atoms with van der Waals surface area (Å²) in [7, 11) is 0. The molecule has 1 N–H and O–H groups in total. The molecule has 0 aliphatic carbocycles. The number of anilines is 1. The van der Waals surface area contributed by atoms with E-state index in [-0.39, 0.29) is 0 Å². The van der Waals surface area contributed by atoms with Gasteiger partial charge in [-0.05, 0) is 44.5 Å². The van der Waals surface area contributed by atoms with Crippen LogP contribution in [0.15, 0.2) is 48.5 Å². The van der Waals surface area contributed by atoms with Crippen molar-refractivity contribution in [2.75, 3.05) is 11.9 Å². The summed E-state index contributed by atoms with van der Waals surface area (Å²) in [6, 6.07) is 15.8. The van der Waals surface area contributed by atoms with Crippen LogP contribution < -0.4 is 10.1 Å². The summed E-state index contributed by atoms with van der Waals surface area (Å²) >= 11 is 0. The van der Waals surface area contributed by atoms with Crippen molar-refractivity contribution >= 4 is 12.1 Å². The van der Waals surface area contributed by atoms with Crippen LogP contribution in [0.25, 0.3) is 0 Å². The molecule has 0 aliphatic rings. The molecule has 2 aromatic rings. The summed E-state index contributed by atoms with van der Waals surface area (Å²) < 4.78 is 5.41. The molecule has 1 amide bonds. The van der Waals surface area contributed by atoms with Gasteiger partial charge < -0.3 is 10.1 Å². The Kier molecular flexibility index (Phi) is 7.65. The number of rotatable bonds is 5. The van der Waals surface area contributed by atoms with Crippen LogP contribution >= 0.6 is 0 Å². The molecule has 0 radical (unpaired) electrons. The van der Waals surface area contributed by atoms with Gasteiger partial charge in [0.05, 0.1) is 6.61 Å². The van der Waals surface area contributed by atoms with Gasteiger partial charge in [-0.3, -0.25) is 4.79 Å². The molecule has 2 aromatic carbocycles. The highest BCUT2D eigenvalue weighted by Crippen LogP contribution is 2.11. The number of hydrogen-bond acceptors (Lipinski definition) is 2. The van der Waals surface area contributed by atoms with Crippen LogP contribution in [0.1, 0.15) is 24.5 Å². The average molecular weight is 285 g/mol. The Hall–Kier alpha value is -2.29. The zero-order chi connectivity index (χ0) is 15.5. The Balaban J connectivity index is 0.000000211. The maximum atomic E-state index is 9.95. The highest BCUT2D eigenvalue weighted by Gasteiger charge is 1.89. The second kappa shape index (κ2) is 9.59. The van der Waals surface area contributed by atoms with Crippen LogP contribution in [0.2, 0.25) is 0 Å². The van der Waals surface area contributed by atoms with E-state index in [1.54, 1.807) is 0 Å². The molecule has 0 aromatic heterocycles. The Morgan fingerprint density at radius 2 is 1.48 bits per heavy atom. The van der Waals surface area contributed by atoms with Gasteiger partial charge in [-0.25, -0.2) is 0 Å². The number of benzene rings is 2. The van der Waals surface area contributed by atoms with Crippen molar-refractivity contribution in [3.63, 3.8) is 0 Å². The number of amides is 1. The highest BCUT2D eigenvalue weighted by atomic mass is 16.5. The minimum absolute atomic E-state index is 0.671. The van der Waals surface area contributed by atoms with Gasteiger partial charge in [0, 0.05) is 5.69 Å². The normalized spacial score (nSPS) is 9.29. The van der Waals surface area contributed by atoms with E-state index in [2.05, 4.69) is 31.3 Å². The van der Waals surface area contributed by atoms with E-state index in [9.17, 15) is 4.79 Å². The van der Waals surface area contributed by atoms with Crippen LogP contribution in [0.4, 0.5) is 5.69 Å². The Labute approximate surface area is 127 Å². The van der Waals surface area contributed by atoms with E-state index in [0.29, 0.717) is 6.41 Å². The third-order valence-corrected chi connectivity index (χ3v) is 2.77. The fraction of sp³-hybridized carbons (Fsp3) is 0.278. The quantitative estimate of drug-likeness (QED) is 0.829. The van der Waals surface area contributed by atoms with E-state index in [4.69, 9.17) is 4.74 Å². The summed E-state index contributed by atoms with van der Waals surface area (Å²) in [6.07, 6.45) is 1.73. The third kappa shape index (κ3) is 7.16. The molecule has 3 nitrogen and oxygen atoms in total. The molecule has 0 unspecified atom stereocenters. The minimum atomic E-state index is 0.671. The lowest BCUT2D eigenvalue weighted by atomic mass is 10.2. The molecular weight excluding hydrogens is 262 g/mol. The van der Waals surface area contributed by atoms with Gasteiger partial charge in [0.25, 0.3) is 0 Å². The van der Waals surface area contributed by atoms with Crippen molar-refractivity contribution in [3.8, 4) is 5.75 Å². The zero-order valence-electron chi connectivity index (χ0n) is 12.9. The first kappa shape index (κ1) is 16.8. The van der Waals surface area contributed by atoms with Crippen LogP contribution in [-0.2, 0) is 4.79 Å². The fourth-order valence-electron chi connectivity index (χ4n) is 1.57. The Morgan fingerprint density at radius 1 is 0.952 bits per heavy atom. The van der Waals surface area contributed by atoms with Crippen molar-refractivity contribution in [2.45, 2.75) is 27.2 Å². The number of carbonyl (C=O) groups excluding carboxylic acids is 1. The molecular formula is C18H23NO2. The van der Waals surface area contributed by atoms with E-state index >= 15 is 0 Å². The van der Waals surface area contributed by atoms with Gasteiger partial charge in [-0.15, -0.1) is 0 Å². The molecule has 0 bridgehead atoms. The summed E-state index contributed by atoms with van der Waals surface area (Å²) in [5.41, 5.74) is 3.30. The van der Waals surface area contributed by atoms with Crippen molar-refractivity contribution in [2.24, 2.45) is 0 Å². The van der Waals surface area contributed by atoms with Crippen molar-refractivity contribution in [3.05, 3.63) is 59.7 Å². The van der Waals surface area contributed by atoms with E-state index in [1.807, 2.05) is 43.3 Å². The van der Waals surface area contributed by atoms with E-state index in [0.717, 1.165) is 24.5 Å². The van der Waals surface area contributed by atoms with Gasteiger partial charge in [0.1, 0.15) is 5.75 Å². The first-order chi connectivity index (χ1) is 10.2. The largest absolute Gasteiger partial charge is 0.494 e. The second-order valence-corrected chi connectivity index (χ2v) is 4.79. The van der Waals surface area contributed by atoms with E-state index < -0.39 is 0 Å². The first-order valence-electron chi connectivity index (χ1n) is 7.12. The maximum absolute atomic E-state index is 9.95. The SMILES string of the molecule is CCCOc1ccc(C)cc1.Cc1ccc(NC=O)cc1. The molecule has 112 valence electrons. The van der Waals surface area contributed by atoms with Crippen molar-refractivity contribution in [1.82, 2.24) is 0 Å². The topological polar surface area (TPSA) is 38.3 Å². The number of hydrogen-bond donors (Lipinski definition) is 1. The lowest BCUT2D eigenvalue weighted by Crippen LogP contribution is -1.94. The number of ether oxygens (including phenoxy) is 1. The average Bonchev–Trinajstić information content (AvgIpc) is 2.50. The molecule has 0 fully saturated rings. The molecule has 0 atom stereocenters. The second-order valence-electron chi connectivity index (χ2n) is 4.79. The predicted octanol–water partition coefficient (Wildman–Crippen LogP) is 4.35. The predicted molar refractivity (Wildman–Crippen MR) is 87.8 cm³/mol. The summed E-state index contributed by atoms with van der Waals surface area (Å²) in [6.45, 7) is 6.99. The number of aryl methyl sites for hydroxylation is 2. The molecule has 0 aliphatic heterocycles. The summed E-state index contributed by atoms with van der Waals surface area (Å²) in [5, 5.41) is 2.55. The van der Waals surface area contributed by atoms with Gasteiger partial charge >= 0.3 is 0 Å². The monoisotopic (exact) mass is 285 g/mol. The molecule has 2 rings (SSSR count). The zero-order valence-corrected chi connectivity index (χ0v) is 12.9. The molecule has 21 heavy (non-hydrogen) atoms. The third-order valence-electron chi connectivity index (χ3n) is 2.77. The minimum Gasteiger partial charge on any atom is -0.494 e. The van der Waals surface area contributed by atoms with Gasteiger partial charge in [0.15, 0.2) is 0 Å². The van der Waals surface area contributed by atoms with E-state index in [1.165, 1.54) is 11.1 Å². The van der Waals surface area contributed by atoms with Gasteiger partial charge in [-0.1, -0.05) is 42.3 Å². The standard InChI is InChI=1S/C10H14O.C8H9NO/c1-3-8-11-10-6-4-9(2)5-7-10;1-7-2-4-8(5-3-7)9-6-10/h4-7H,3,8H2,1-2H3;2-6H,1H3,(H,9,10). The maximum Gasteiger partial charge on any atom is 0.211 e. The van der Waals surface area contributed by atoms with Gasteiger partial charge in [-0.2, -0.15) is 0 Å². The molecule has 0 heterocycles. The Morgan fingerprint density at radius 3 is 1.95 bits per heavy atom. The lowest BCUT2D eigenvalue weighted by Gasteiger charge is -2.03. The fourth-order valence-corrected chi connectivity index (χ4v) is 1.57. The Bertz CT molecular complexity index is 518. The molecule has 3 heteroatoms. The van der Waals surface area contributed by atoms with Gasteiger partial charge in [0.2, 0.25) is 6.41 Å². The molecule has 0 saturated carbocycles. The number of nitrogens with one attached hydrogen (secondary N) is 1. The van der Waals surface area contributed by atoms with Crippen LogP contribution in [0.5, 0.6) is 5.75 Å². The van der Waals surface area contributed by atoms with Crippen LogP contribution in [0.3, 0.4) is 0 Å². The van der Waals surface area contributed by atoms with Crippen molar-refractivity contribution in [1.29, 1.82) is 0 Å². The van der Waals surface area contributed by atoms with Crippen molar-refractivity contribution < 1.29 is 9.53 Å². The first-order valence-corrected chi connectivity index (χ1v) is 7.12. The van der Waals surface area contributed by atoms with Crippen LogP contribution in [0, 0.1) is 13.8 Å². The summed E-state index contributed by atoms with van der Waals surface area (Å²) in [5.74, 6) is 0.970. The lowest BCUT2D eigenvalue weighted by molar-refractivity contribution is -0.105. The smallest absolute Gasteiger partial charge is 0.211 e. The molecule has 0 spiro atoms.